The van der Waals surface area contributed by atoms with Crippen LogP contribution in [0.1, 0.15) is 41.9 Å². The number of allylic oxidation sites excluding steroid dienone is 1. The molecule has 0 unspecified atom stereocenters. The van der Waals surface area contributed by atoms with Gasteiger partial charge in [0.25, 0.3) is 0 Å². The molecule has 5 rings (SSSR count). The molecule has 3 aromatic rings. The maximum Gasteiger partial charge on any atom is 0.226 e. The Bertz CT molecular complexity index is 1130. The highest BCUT2D eigenvalue weighted by molar-refractivity contribution is 5.74. The predicted molar refractivity (Wildman–Crippen MR) is 130 cm³/mol. The summed E-state index contributed by atoms with van der Waals surface area (Å²) >= 11 is 0. The smallest absolute Gasteiger partial charge is 0.226 e. The molecule has 0 amide bonds. The number of fused-ring (bicyclic) bond motifs is 2. The predicted octanol–water partition coefficient (Wildman–Crippen LogP) is 5.80. The summed E-state index contributed by atoms with van der Waals surface area (Å²) in [5, 5.41) is 9.53. The van der Waals surface area contributed by atoms with Crippen molar-refractivity contribution in [2.24, 2.45) is 0 Å². The Labute approximate surface area is 195 Å². The maximum atomic E-state index is 9.53. The van der Waals surface area contributed by atoms with Crippen LogP contribution in [-0.2, 0) is 6.42 Å². The summed E-state index contributed by atoms with van der Waals surface area (Å²) < 4.78 is 11.8. The number of phenols is 1. The van der Waals surface area contributed by atoms with Gasteiger partial charge in [-0.25, -0.2) is 4.98 Å². The van der Waals surface area contributed by atoms with E-state index in [1.54, 1.807) is 25.4 Å². The molecule has 2 aromatic carbocycles. The van der Waals surface area contributed by atoms with Crippen molar-refractivity contribution in [1.29, 1.82) is 0 Å². The Balaban J connectivity index is 1.27. The summed E-state index contributed by atoms with van der Waals surface area (Å²) in [6, 6.07) is 17.7. The monoisotopic (exact) mass is 442 g/mol. The normalized spacial score (nSPS) is 17.7. The van der Waals surface area contributed by atoms with Crippen LogP contribution in [0.25, 0.3) is 5.57 Å². The summed E-state index contributed by atoms with van der Waals surface area (Å²) in [7, 11) is 1.71. The van der Waals surface area contributed by atoms with E-state index < -0.39 is 0 Å². The number of likely N-dealkylation sites (tertiary alicyclic amines) is 1. The average molecular weight is 443 g/mol. The van der Waals surface area contributed by atoms with Crippen molar-refractivity contribution in [3.63, 3.8) is 0 Å². The SMILES string of the molecule is COc1cccc2c1CC(=CCCN1CCC(c3ccc(O)cc3)CC1)c1cccnc1O2. The van der Waals surface area contributed by atoms with E-state index in [2.05, 4.69) is 34.2 Å². The molecule has 1 aromatic heterocycles. The average Bonchev–Trinajstić information content (AvgIpc) is 3.01. The van der Waals surface area contributed by atoms with E-state index in [4.69, 9.17) is 9.47 Å². The lowest BCUT2D eigenvalue weighted by molar-refractivity contribution is 0.216. The first kappa shape index (κ1) is 21.5. The van der Waals surface area contributed by atoms with Crippen molar-refractivity contribution in [1.82, 2.24) is 9.88 Å². The molecule has 0 atom stereocenters. The Morgan fingerprint density at radius 1 is 1.09 bits per heavy atom. The fourth-order valence-electron chi connectivity index (χ4n) is 4.95. The third-order valence-electron chi connectivity index (χ3n) is 6.79. The number of rotatable bonds is 5. The maximum absolute atomic E-state index is 9.53. The van der Waals surface area contributed by atoms with Gasteiger partial charge in [-0.2, -0.15) is 0 Å². The minimum Gasteiger partial charge on any atom is -0.508 e. The minimum atomic E-state index is 0.338. The molecule has 2 aliphatic heterocycles. The van der Waals surface area contributed by atoms with E-state index in [0.717, 1.165) is 67.9 Å². The van der Waals surface area contributed by atoms with Gasteiger partial charge in [-0.15, -0.1) is 0 Å². The summed E-state index contributed by atoms with van der Waals surface area (Å²) in [6.07, 6.45) is 8.19. The molecule has 0 aliphatic carbocycles. The van der Waals surface area contributed by atoms with Gasteiger partial charge in [-0.3, -0.25) is 0 Å². The highest BCUT2D eigenvalue weighted by Gasteiger charge is 2.23. The van der Waals surface area contributed by atoms with Crippen LogP contribution >= 0.6 is 0 Å². The number of methoxy groups -OCH3 is 1. The van der Waals surface area contributed by atoms with Gasteiger partial charge < -0.3 is 19.5 Å². The van der Waals surface area contributed by atoms with Gasteiger partial charge >= 0.3 is 0 Å². The molecule has 33 heavy (non-hydrogen) atoms. The van der Waals surface area contributed by atoms with Crippen molar-refractivity contribution in [2.45, 2.75) is 31.6 Å². The molecule has 1 N–H and O–H groups in total. The van der Waals surface area contributed by atoms with E-state index in [1.165, 1.54) is 11.1 Å². The molecule has 0 radical (unpaired) electrons. The van der Waals surface area contributed by atoms with Crippen molar-refractivity contribution in [2.75, 3.05) is 26.7 Å². The number of hydrogen-bond donors (Lipinski definition) is 1. The van der Waals surface area contributed by atoms with E-state index in [0.29, 0.717) is 17.5 Å². The number of benzene rings is 2. The van der Waals surface area contributed by atoms with E-state index in [9.17, 15) is 5.11 Å². The molecular weight excluding hydrogens is 412 g/mol. The standard InChI is InChI=1S/C28H30N2O3/c1-32-26-7-2-8-27-25(26)19-22(24-6-3-15-29-28(24)33-27)5-4-16-30-17-13-21(14-18-30)20-9-11-23(31)12-10-20/h2-3,5-12,15,21,31H,4,13-14,16-19H2,1H3. The molecule has 0 spiro atoms. The van der Waals surface area contributed by atoms with E-state index >= 15 is 0 Å². The molecule has 5 heteroatoms. The molecule has 1 fully saturated rings. The Kier molecular flexibility index (Phi) is 6.31. The quantitative estimate of drug-likeness (QED) is 0.541. The number of nitrogens with zero attached hydrogens (tertiary/aromatic N) is 2. The zero-order valence-electron chi connectivity index (χ0n) is 19.0. The third kappa shape index (κ3) is 4.74. The number of ether oxygens (including phenoxy) is 2. The number of phenolic OH excluding ortho intramolecular Hbond substituents is 1. The first-order chi connectivity index (χ1) is 16.2. The largest absolute Gasteiger partial charge is 0.508 e. The fraction of sp³-hybridized carbons (Fsp3) is 0.321. The molecule has 0 saturated carbocycles. The van der Waals surface area contributed by atoms with Gasteiger partial charge in [0.05, 0.1) is 7.11 Å². The van der Waals surface area contributed by atoms with Crippen molar-refractivity contribution in [3.05, 3.63) is 83.6 Å². The molecule has 3 heterocycles. The van der Waals surface area contributed by atoms with Crippen LogP contribution in [0.3, 0.4) is 0 Å². The Hall–Kier alpha value is -3.31. The van der Waals surface area contributed by atoms with E-state index in [-0.39, 0.29) is 0 Å². The van der Waals surface area contributed by atoms with Gasteiger partial charge in [0, 0.05) is 30.3 Å². The van der Waals surface area contributed by atoms with Gasteiger partial charge in [-0.05, 0) is 85.8 Å². The minimum absolute atomic E-state index is 0.338. The Morgan fingerprint density at radius 2 is 1.91 bits per heavy atom. The second kappa shape index (κ2) is 9.67. The number of hydrogen-bond acceptors (Lipinski definition) is 5. The summed E-state index contributed by atoms with van der Waals surface area (Å²) in [5.41, 5.74) is 4.70. The topological polar surface area (TPSA) is 54.8 Å². The molecule has 2 aliphatic rings. The van der Waals surface area contributed by atoms with Crippen LogP contribution in [0.2, 0.25) is 0 Å². The number of aromatic nitrogens is 1. The number of piperidine rings is 1. The Morgan fingerprint density at radius 3 is 2.70 bits per heavy atom. The van der Waals surface area contributed by atoms with Gasteiger partial charge in [0.1, 0.15) is 17.2 Å². The van der Waals surface area contributed by atoms with Crippen LogP contribution < -0.4 is 9.47 Å². The van der Waals surface area contributed by atoms with E-state index in [1.807, 2.05) is 24.3 Å². The molecule has 1 saturated heterocycles. The molecular formula is C28H30N2O3. The molecule has 0 bridgehead atoms. The first-order valence-corrected chi connectivity index (χ1v) is 11.7. The van der Waals surface area contributed by atoms with Gasteiger partial charge in [-0.1, -0.05) is 24.3 Å². The summed E-state index contributed by atoms with van der Waals surface area (Å²) in [5.74, 6) is 3.24. The second-order valence-electron chi connectivity index (χ2n) is 8.80. The molecule has 170 valence electrons. The zero-order chi connectivity index (χ0) is 22.6. The first-order valence-electron chi connectivity index (χ1n) is 11.7. The number of aromatic hydroxyl groups is 1. The lowest BCUT2D eigenvalue weighted by Crippen LogP contribution is -2.33. The summed E-state index contributed by atoms with van der Waals surface area (Å²) in [4.78, 5) is 7.05. The summed E-state index contributed by atoms with van der Waals surface area (Å²) in [6.45, 7) is 3.25. The zero-order valence-corrected chi connectivity index (χ0v) is 19.0. The van der Waals surface area contributed by atoms with Crippen molar-refractivity contribution in [3.8, 4) is 23.1 Å². The van der Waals surface area contributed by atoms with Crippen molar-refractivity contribution >= 4 is 5.57 Å². The van der Waals surface area contributed by atoms with Crippen LogP contribution in [0.4, 0.5) is 0 Å². The van der Waals surface area contributed by atoms with Gasteiger partial charge in [0.15, 0.2) is 0 Å². The van der Waals surface area contributed by atoms with Crippen LogP contribution in [0, 0.1) is 0 Å². The third-order valence-corrected chi connectivity index (χ3v) is 6.79. The van der Waals surface area contributed by atoms with Crippen LogP contribution in [0.5, 0.6) is 23.1 Å². The highest BCUT2D eigenvalue weighted by Crippen LogP contribution is 2.41. The molecule has 5 nitrogen and oxygen atoms in total. The second-order valence-corrected chi connectivity index (χ2v) is 8.80. The highest BCUT2D eigenvalue weighted by atomic mass is 16.5. The van der Waals surface area contributed by atoms with Crippen molar-refractivity contribution < 1.29 is 14.6 Å². The van der Waals surface area contributed by atoms with Gasteiger partial charge in [0.2, 0.25) is 5.88 Å². The lowest BCUT2D eigenvalue weighted by Gasteiger charge is -2.32. The fourth-order valence-corrected chi connectivity index (χ4v) is 4.95. The number of pyridine rings is 1. The van der Waals surface area contributed by atoms with Crippen LogP contribution in [0.15, 0.2) is 66.9 Å². The lowest BCUT2D eigenvalue weighted by atomic mass is 9.89. The van der Waals surface area contributed by atoms with Crippen LogP contribution in [-0.4, -0.2) is 41.7 Å².